The van der Waals surface area contributed by atoms with Gasteiger partial charge in [-0.15, -0.1) is 0 Å². The van der Waals surface area contributed by atoms with E-state index in [2.05, 4.69) is 19.2 Å². The first-order chi connectivity index (χ1) is 12.7. The van der Waals surface area contributed by atoms with Crippen molar-refractivity contribution >= 4 is 40.1 Å². The number of methoxy groups -OCH3 is 1. The number of ether oxygens (including phenoxy) is 1. The average Bonchev–Trinajstić information content (AvgIpc) is 2.96. The maximum absolute atomic E-state index is 13.5. The van der Waals surface area contributed by atoms with Crippen LogP contribution in [0.4, 0.5) is 0 Å². The summed E-state index contributed by atoms with van der Waals surface area (Å²) in [6.07, 6.45) is 1.69. The van der Waals surface area contributed by atoms with Crippen LogP contribution in [0.1, 0.15) is 50.9 Å². The second-order valence-corrected chi connectivity index (χ2v) is 9.08. The summed E-state index contributed by atoms with van der Waals surface area (Å²) in [6.45, 7) is 6.72. The van der Waals surface area contributed by atoms with Crippen LogP contribution in [0.5, 0.6) is 0 Å². The van der Waals surface area contributed by atoms with Crippen LogP contribution in [0.25, 0.3) is 11.0 Å². The molecule has 0 saturated heterocycles. The van der Waals surface area contributed by atoms with Gasteiger partial charge in [0.2, 0.25) is 5.91 Å². The minimum Gasteiger partial charge on any atom is -0.383 e. The fourth-order valence-electron chi connectivity index (χ4n) is 5.02. The lowest BCUT2D eigenvalue weighted by atomic mass is 9.67. The van der Waals surface area contributed by atoms with E-state index in [1.54, 1.807) is 19.2 Å². The molecule has 1 heterocycles. The first-order valence-electron chi connectivity index (χ1n) is 9.19. The van der Waals surface area contributed by atoms with Crippen molar-refractivity contribution in [3.05, 3.63) is 33.6 Å². The van der Waals surface area contributed by atoms with Crippen LogP contribution in [-0.2, 0) is 14.9 Å². The minimum atomic E-state index is -0.692. The highest BCUT2D eigenvalue weighted by Crippen LogP contribution is 2.67. The Morgan fingerprint density at radius 3 is 2.56 bits per heavy atom. The first kappa shape index (κ1) is 18.9. The van der Waals surface area contributed by atoms with Crippen molar-refractivity contribution in [1.29, 1.82) is 0 Å². The first-order valence-corrected chi connectivity index (χ1v) is 9.95. The lowest BCUT2D eigenvalue weighted by Gasteiger charge is -2.37. The van der Waals surface area contributed by atoms with Gasteiger partial charge < -0.3 is 10.1 Å². The molecule has 2 aliphatic rings. The molecule has 2 aliphatic carbocycles. The molecule has 0 radical (unpaired) electrons. The van der Waals surface area contributed by atoms with Crippen molar-refractivity contribution in [2.75, 3.05) is 13.7 Å². The molecular formula is C20H23Cl2N3O2. The second kappa shape index (κ2) is 6.29. The van der Waals surface area contributed by atoms with E-state index >= 15 is 0 Å². The molecule has 0 aliphatic heterocycles. The lowest BCUT2D eigenvalue weighted by molar-refractivity contribution is -0.131. The maximum Gasteiger partial charge on any atom is 0.233 e. The number of rotatable bonds is 4. The molecule has 4 rings (SSSR count). The van der Waals surface area contributed by atoms with Gasteiger partial charge in [0.15, 0.2) is 0 Å². The van der Waals surface area contributed by atoms with E-state index in [-0.39, 0.29) is 23.3 Å². The third-order valence-corrected chi connectivity index (χ3v) is 7.15. The number of carbonyl (C=O) groups is 1. The molecule has 3 atom stereocenters. The highest BCUT2D eigenvalue weighted by Gasteiger charge is 2.67. The standard InChI is InChI=1S/C20H23Cl2N3O2/c1-10(9-27-4)23-18(26)20-6-5-11(19(20,2)3)16-17(20)25-15-8-13(22)12(21)7-14(15)24-16/h7-8,10-11H,5-6,9H2,1-4H3,(H,23,26). The largest absolute Gasteiger partial charge is 0.383 e. The number of hydrogen-bond donors (Lipinski definition) is 1. The van der Waals surface area contributed by atoms with Crippen LogP contribution in [-0.4, -0.2) is 35.6 Å². The molecule has 1 aromatic heterocycles. The van der Waals surface area contributed by atoms with Crippen LogP contribution < -0.4 is 5.32 Å². The average molecular weight is 408 g/mol. The summed E-state index contributed by atoms with van der Waals surface area (Å²) >= 11 is 12.3. The summed E-state index contributed by atoms with van der Waals surface area (Å²) in [5, 5.41) is 4.03. The predicted molar refractivity (Wildman–Crippen MR) is 106 cm³/mol. The number of carbonyl (C=O) groups excluding carboxylic acids is 1. The van der Waals surface area contributed by atoms with E-state index in [0.29, 0.717) is 22.2 Å². The molecule has 5 nitrogen and oxygen atoms in total. The van der Waals surface area contributed by atoms with Gasteiger partial charge in [0, 0.05) is 19.1 Å². The minimum absolute atomic E-state index is 0.00649. The van der Waals surface area contributed by atoms with E-state index < -0.39 is 5.41 Å². The molecule has 7 heteroatoms. The van der Waals surface area contributed by atoms with Gasteiger partial charge in [0.1, 0.15) is 0 Å². The Kier molecular flexibility index (Phi) is 4.41. The third-order valence-electron chi connectivity index (χ3n) is 6.43. The van der Waals surface area contributed by atoms with Crippen molar-refractivity contribution in [3.63, 3.8) is 0 Å². The molecule has 2 aromatic rings. The number of nitrogens with one attached hydrogen (secondary N) is 1. The van der Waals surface area contributed by atoms with Crippen LogP contribution in [0, 0.1) is 5.41 Å². The van der Waals surface area contributed by atoms with Crippen molar-refractivity contribution in [2.45, 2.75) is 51.0 Å². The van der Waals surface area contributed by atoms with Gasteiger partial charge in [-0.25, -0.2) is 9.97 Å². The van der Waals surface area contributed by atoms with E-state index in [9.17, 15) is 4.79 Å². The van der Waals surface area contributed by atoms with Gasteiger partial charge in [0.25, 0.3) is 0 Å². The number of aromatic nitrogens is 2. The topological polar surface area (TPSA) is 64.1 Å². The maximum atomic E-state index is 13.5. The number of benzene rings is 1. The summed E-state index contributed by atoms with van der Waals surface area (Å²) in [5.74, 6) is 0.203. The van der Waals surface area contributed by atoms with Crippen LogP contribution in [0.3, 0.4) is 0 Å². The van der Waals surface area contributed by atoms with Crippen LogP contribution in [0.2, 0.25) is 10.0 Å². The summed E-state index contributed by atoms with van der Waals surface area (Å²) in [7, 11) is 1.63. The molecule has 1 fully saturated rings. The quantitative estimate of drug-likeness (QED) is 0.822. The summed E-state index contributed by atoms with van der Waals surface area (Å²) in [4.78, 5) is 23.2. The van der Waals surface area contributed by atoms with Crippen molar-refractivity contribution in [2.24, 2.45) is 5.41 Å². The van der Waals surface area contributed by atoms with Crippen LogP contribution >= 0.6 is 23.2 Å². The van der Waals surface area contributed by atoms with Gasteiger partial charge in [-0.05, 0) is 37.3 Å². The Labute approximate surface area is 168 Å². The molecule has 144 valence electrons. The highest BCUT2D eigenvalue weighted by molar-refractivity contribution is 6.42. The molecule has 27 heavy (non-hydrogen) atoms. The normalized spacial score (nSPS) is 26.2. The van der Waals surface area contributed by atoms with E-state index in [1.165, 1.54) is 0 Å². The SMILES string of the molecule is COCC(C)NC(=O)C12CCC(c3nc4cc(Cl)c(Cl)cc4nc31)C2(C)C. The van der Waals surface area contributed by atoms with E-state index in [1.807, 2.05) is 6.92 Å². The summed E-state index contributed by atoms with van der Waals surface area (Å²) in [6, 6.07) is 3.40. The Morgan fingerprint density at radius 1 is 1.30 bits per heavy atom. The molecular weight excluding hydrogens is 385 g/mol. The number of nitrogens with zero attached hydrogens (tertiary/aromatic N) is 2. The molecule has 1 amide bonds. The zero-order valence-electron chi connectivity index (χ0n) is 15.9. The summed E-state index contributed by atoms with van der Waals surface area (Å²) in [5.41, 5.74) is 2.14. The number of hydrogen-bond acceptors (Lipinski definition) is 4. The fraction of sp³-hybridized carbons (Fsp3) is 0.550. The molecule has 1 aromatic carbocycles. The molecule has 1 saturated carbocycles. The third kappa shape index (κ3) is 2.51. The van der Waals surface area contributed by atoms with E-state index in [4.69, 9.17) is 37.9 Å². The Balaban J connectivity index is 1.87. The van der Waals surface area contributed by atoms with Gasteiger partial charge in [-0.1, -0.05) is 37.0 Å². The zero-order valence-corrected chi connectivity index (χ0v) is 17.4. The van der Waals surface area contributed by atoms with Crippen molar-refractivity contribution in [1.82, 2.24) is 15.3 Å². The monoisotopic (exact) mass is 407 g/mol. The highest BCUT2D eigenvalue weighted by atomic mass is 35.5. The number of fused-ring (bicyclic) bond motifs is 6. The fourth-order valence-corrected chi connectivity index (χ4v) is 5.33. The number of amides is 1. The number of halogens is 2. The molecule has 1 N–H and O–H groups in total. The van der Waals surface area contributed by atoms with Gasteiger partial charge >= 0.3 is 0 Å². The van der Waals surface area contributed by atoms with Gasteiger partial charge in [0.05, 0.1) is 44.5 Å². The Morgan fingerprint density at radius 2 is 1.93 bits per heavy atom. The molecule has 0 spiro atoms. The van der Waals surface area contributed by atoms with Crippen molar-refractivity contribution in [3.8, 4) is 0 Å². The smallest absolute Gasteiger partial charge is 0.233 e. The Bertz CT molecular complexity index is 946. The molecule has 3 unspecified atom stereocenters. The van der Waals surface area contributed by atoms with Gasteiger partial charge in [-0.3, -0.25) is 4.79 Å². The zero-order chi connectivity index (χ0) is 19.6. The molecule has 2 bridgehead atoms. The van der Waals surface area contributed by atoms with E-state index in [0.717, 1.165) is 29.7 Å². The van der Waals surface area contributed by atoms with Crippen LogP contribution in [0.15, 0.2) is 12.1 Å². The predicted octanol–water partition coefficient (Wildman–Crippen LogP) is 4.24. The Hall–Kier alpha value is -1.43. The lowest BCUT2D eigenvalue weighted by Crippen LogP contribution is -2.52. The van der Waals surface area contributed by atoms with Gasteiger partial charge in [-0.2, -0.15) is 0 Å². The van der Waals surface area contributed by atoms with Crippen molar-refractivity contribution < 1.29 is 9.53 Å². The summed E-state index contributed by atoms with van der Waals surface area (Å²) < 4.78 is 5.18. The second-order valence-electron chi connectivity index (χ2n) is 8.26.